The molecule has 1 aliphatic rings. The average molecular weight is 494 g/mol. The Morgan fingerprint density at radius 3 is 2.46 bits per heavy atom. The molecule has 0 saturated carbocycles. The van der Waals surface area contributed by atoms with Crippen molar-refractivity contribution in [1.82, 2.24) is 24.6 Å². The van der Waals surface area contributed by atoms with E-state index in [1.807, 2.05) is 0 Å². The van der Waals surface area contributed by atoms with Gasteiger partial charge in [0.05, 0.1) is 29.5 Å². The van der Waals surface area contributed by atoms with Gasteiger partial charge in [0.15, 0.2) is 0 Å². The summed E-state index contributed by atoms with van der Waals surface area (Å²) in [6, 6.07) is 9.70. The molecule has 1 fully saturated rings. The van der Waals surface area contributed by atoms with Crippen molar-refractivity contribution in [2.75, 3.05) is 18.4 Å². The lowest BCUT2D eigenvalue weighted by Gasteiger charge is -2.43. The lowest BCUT2D eigenvalue weighted by Crippen LogP contribution is -2.57. The van der Waals surface area contributed by atoms with Gasteiger partial charge in [-0.1, -0.05) is 25.1 Å². The standard InChI is InChI=1S/C23H23F5N6O/c1-14-9-22(24,25)13-33(19(14)12-31-21-29-10-16(11-30-21)23(26,27)28)20(35)18-8-15(2)32-34(18)17-6-4-3-5-7-17/h3-8,10-11,14,19H,9,12-13H2,1-2H3,(H,29,30,31)/t14-,19?/m1/s1. The summed E-state index contributed by atoms with van der Waals surface area (Å²) in [5.41, 5.74) is 0.278. The Hall–Kier alpha value is -3.57. The van der Waals surface area contributed by atoms with Crippen LogP contribution in [0.2, 0.25) is 0 Å². The van der Waals surface area contributed by atoms with Crippen LogP contribution in [0.1, 0.15) is 35.1 Å². The highest BCUT2D eigenvalue weighted by molar-refractivity contribution is 5.93. The van der Waals surface area contributed by atoms with E-state index in [0.717, 1.165) is 4.90 Å². The van der Waals surface area contributed by atoms with Gasteiger partial charge < -0.3 is 10.2 Å². The Morgan fingerprint density at radius 1 is 1.17 bits per heavy atom. The van der Waals surface area contributed by atoms with Crippen LogP contribution >= 0.6 is 0 Å². The van der Waals surface area contributed by atoms with Gasteiger partial charge in [-0.25, -0.2) is 23.4 Å². The first kappa shape index (κ1) is 24.6. The number of nitrogens with one attached hydrogen (secondary N) is 1. The minimum atomic E-state index is -4.58. The number of carbonyl (C=O) groups excluding carboxylic acids is 1. The number of rotatable bonds is 5. The third-order valence-corrected chi connectivity index (χ3v) is 5.84. The summed E-state index contributed by atoms with van der Waals surface area (Å²) < 4.78 is 68.8. The van der Waals surface area contributed by atoms with Gasteiger partial charge in [0.25, 0.3) is 11.8 Å². The van der Waals surface area contributed by atoms with Crippen LogP contribution < -0.4 is 5.32 Å². The van der Waals surface area contributed by atoms with Crippen LogP contribution in [0.25, 0.3) is 5.69 Å². The Morgan fingerprint density at radius 2 is 1.83 bits per heavy atom. The predicted molar refractivity (Wildman–Crippen MR) is 117 cm³/mol. The number of amides is 1. The zero-order valence-corrected chi connectivity index (χ0v) is 18.9. The molecule has 1 aromatic carbocycles. The fourth-order valence-corrected chi connectivity index (χ4v) is 4.21. The van der Waals surface area contributed by atoms with Crippen molar-refractivity contribution in [2.24, 2.45) is 5.92 Å². The third kappa shape index (κ3) is 5.41. The summed E-state index contributed by atoms with van der Waals surface area (Å²) in [4.78, 5) is 22.0. The number of piperidine rings is 1. The van der Waals surface area contributed by atoms with Gasteiger partial charge in [0, 0.05) is 25.4 Å². The van der Waals surface area contributed by atoms with Gasteiger partial charge in [0.1, 0.15) is 5.69 Å². The largest absolute Gasteiger partial charge is 0.419 e. The normalized spacial score (nSPS) is 20.0. The van der Waals surface area contributed by atoms with E-state index in [1.165, 1.54) is 10.7 Å². The highest BCUT2D eigenvalue weighted by Crippen LogP contribution is 2.35. The first-order valence-corrected chi connectivity index (χ1v) is 10.9. The third-order valence-electron chi connectivity index (χ3n) is 5.84. The summed E-state index contributed by atoms with van der Waals surface area (Å²) in [7, 11) is 0. The van der Waals surface area contributed by atoms with Crippen molar-refractivity contribution in [3.8, 4) is 5.69 Å². The summed E-state index contributed by atoms with van der Waals surface area (Å²) in [6.07, 6.45) is -3.74. The molecule has 0 spiro atoms. The number of hydrogen-bond acceptors (Lipinski definition) is 5. The molecule has 35 heavy (non-hydrogen) atoms. The molecular weight excluding hydrogens is 471 g/mol. The van der Waals surface area contributed by atoms with Crippen molar-refractivity contribution in [3.05, 3.63) is 65.7 Å². The molecule has 3 aromatic rings. The summed E-state index contributed by atoms with van der Waals surface area (Å²) >= 11 is 0. The second-order valence-electron chi connectivity index (χ2n) is 8.63. The zero-order valence-electron chi connectivity index (χ0n) is 18.9. The molecule has 2 atom stereocenters. The number of aromatic nitrogens is 4. The number of alkyl halides is 5. The molecule has 12 heteroatoms. The average Bonchev–Trinajstić information content (AvgIpc) is 3.19. The summed E-state index contributed by atoms with van der Waals surface area (Å²) in [6.45, 7) is 2.49. The van der Waals surface area contributed by atoms with Crippen molar-refractivity contribution < 1.29 is 26.7 Å². The maximum absolute atomic E-state index is 14.5. The van der Waals surface area contributed by atoms with Crippen LogP contribution in [0.4, 0.5) is 27.9 Å². The van der Waals surface area contributed by atoms with Crippen molar-refractivity contribution in [2.45, 2.75) is 38.4 Å². The minimum Gasteiger partial charge on any atom is -0.352 e. The van der Waals surface area contributed by atoms with Gasteiger partial charge in [0.2, 0.25) is 5.95 Å². The number of nitrogens with zero attached hydrogens (tertiary/aromatic N) is 5. The first-order chi connectivity index (χ1) is 16.4. The van der Waals surface area contributed by atoms with E-state index in [1.54, 1.807) is 44.2 Å². The maximum atomic E-state index is 14.5. The van der Waals surface area contributed by atoms with Gasteiger partial charge in [-0.05, 0) is 31.0 Å². The van der Waals surface area contributed by atoms with Crippen molar-refractivity contribution in [1.29, 1.82) is 0 Å². The predicted octanol–water partition coefficient (Wildman–Crippen LogP) is 4.59. The lowest BCUT2D eigenvalue weighted by molar-refractivity contribution is -0.138. The molecule has 3 heterocycles. The molecule has 0 bridgehead atoms. The van der Waals surface area contributed by atoms with E-state index in [2.05, 4.69) is 20.4 Å². The molecule has 1 unspecified atom stereocenters. The fraction of sp³-hybridized carbons (Fsp3) is 0.391. The van der Waals surface area contributed by atoms with Crippen molar-refractivity contribution >= 4 is 11.9 Å². The van der Waals surface area contributed by atoms with Gasteiger partial charge in [-0.2, -0.15) is 18.3 Å². The Balaban J connectivity index is 1.60. The van der Waals surface area contributed by atoms with E-state index in [9.17, 15) is 26.7 Å². The number of likely N-dealkylation sites (tertiary alicyclic amines) is 1. The molecule has 186 valence electrons. The van der Waals surface area contributed by atoms with E-state index in [-0.39, 0.29) is 18.2 Å². The topological polar surface area (TPSA) is 75.9 Å². The first-order valence-electron chi connectivity index (χ1n) is 10.9. The van der Waals surface area contributed by atoms with E-state index >= 15 is 0 Å². The number of anilines is 1. The molecule has 0 aliphatic carbocycles. The van der Waals surface area contributed by atoms with Crippen LogP contribution in [-0.2, 0) is 6.18 Å². The molecule has 1 N–H and O–H groups in total. The molecule has 1 aliphatic heterocycles. The number of halogens is 5. The lowest BCUT2D eigenvalue weighted by atomic mass is 9.88. The van der Waals surface area contributed by atoms with E-state index < -0.39 is 48.5 Å². The summed E-state index contributed by atoms with van der Waals surface area (Å²) in [5, 5.41) is 7.14. The fourth-order valence-electron chi connectivity index (χ4n) is 4.21. The van der Waals surface area contributed by atoms with Gasteiger partial charge >= 0.3 is 6.18 Å². The number of para-hydroxylation sites is 1. The molecule has 1 amide bonds. The van der Waals surface area contributed by atoms with Crippen LogP contribution in [0.3, 0.4) is 0 Å². The number of carbonyl (C=O) groups is 1. The molecule has 2 aromatic heterocycles. The Labute approximate surface area is 198 Å². The van der Waals surface area contributed by atoms with Crippen LogP contribution in [0, 0.1) is 12.8 Å². The monoisotopic (exact) mass is 494 g/mol. The quantitative estimate of drug-likeness (QED) is 0.526. The SMILES string of the molecule is Cc1cc(C(=O)N2CC(F)(F)C[C@@H](C)C2CNc2ncc(C(F)(F)F)cn2)n(-c2ccccc2)n1. The van der Waals surface area contributed by atoms with E-state index in [4.69, 9.17) is 0 Å². The second kappa shape index (κ2) is 9.23. The molecule has 0 radical (unpaired) electrons. The molecule has 4 rings (SSSR count). The van der Waals surface area contributed by atoms with Crippen LogP contribution in [0.5, 0.6) is 0 Å². The minimum absolute atomic E-state index is 0.0210. The maximum Gasteiger partial charge on any atom is 0.419 e. The number of hydrogen-bond donors (Lipinski definition) is 1. The zero-order chi connectivity index (χ0) is 25.4. The number of benzene rings is 1. The van der Waals surface area contributed by atoms with Crippen LogP contribution in [-0.4, -0.2) is 55.6 Å². The molecular formula is C23H23F5N6O. The highest BCUT2D eigenvalue weighted by atomic mass is 19.4. The molecule has 1 saturated heterocycles. The van der Waals surface area contributed by atoms with Gasteiger partial charge in [-0.3, -0.25) is 4.79 Å². The van der Waals surface area contributed by atoms with Crippen LogP contribution in [0.15, 0.2) is 48.8 Å². The highest BCUT2D eigenvalue weighted by Gasteiger charge is 2.46. The van der Waals surface area contributed by atoms with Gasteiger partial charge in [-0.15, -0.1) is 0 Å². The van der Waals surface area contributed by atoms with Crippen molar-refractivity contribution in [3.63, 3.8) is 0 Å². The summed E-state index contributed by atoms with van der Waals surface area (Å²) in [5.74, 6) is -4.43. The van der Waals surface area contributed by atoms with E-state index in [0.29, 0.717) is 23.8 Å². The Bertz CT molecular complexity index is 1180. The second-order valence-corrected chi connectivity index (χ2v) is 8.63. The Kier molecular flexibility index (Phi) is 6.48. The smallest absolute Gasteiger partial charge is 0.352 e. The molecule has 7 nitrogen and oxygen atoms in total. The number of aryl methyl sites for hydroxylation is 1.